The van der Waals surface area contributed by atoms with E-state index in [1.165, 1.54) is 6.92 Å². The van der Waals surface area contributed by atoms with Gasteiger partial charge in [0.25, 0.3) is 0 Å². The second kappa shape index (κ2) is 4.04. The first-order valence-electron chi connectivity index (χ1n) is 4.34. The van der Waals surface area contributed by atoms with Crippen molar-refractivity contribution in [2.75, 3.05) is 26.2 Å². The van der Waals surface area contributed by atoms with Gasteiger partial charge in [-0.1, -0.05) is 6.92 Å². The van der Waals surface area contributed by atoms with E-state index >= 15 is 0 Å². The number of aliphatic hydroxyl groups is 1. The molecular formula is C8H15NO4. The summed E-state index contributed by atoms with van der Waals surface area (Å²) in [6.07, 6.45) is 0. The van der Waals surface area contributed by atoms with E-state index in [9.17, 15) is 9.90 Å². The summed E-state index contributed by atoms with van der Waals surface area (Å²) in [6, 6.07) is 0. The molecule has 0 amide bonds. The second-order valence-electron chi connectivity index (χ2n) is 3.02. The number of esters is 1. The molecule has 1 aliphatic rings. The highest BCUT2D eigenvalue weighted by atomic mass is 16.8. The first-order valence-corrected chi connectivity index (χ1v) is 4.34. The van der Waals surface area contributed by atoms with E-state index in [1.54, 1.807) is 0 Å². The van der Waals surface area contributed by atoms with Crippen molar-refractivity contribution < 1.29 is 19.4 Å². The maximum absolute atomic E-state index is 10.6. The predicted molar refractivity (Wildman–Crippen MR) is 44.8 cm³/mol. The number of hydrogen-bond donors (Lipinski definition) is 1. The molecule has 1 rings (SSSR count). The maximum atomic E-state index is 10.6. The molecule has 0 radical (unpaired) electrons. The number of rotatable bonds is 2. The van der Waals surface area contributed by atoms with Crippen LogP contribution in [-0.2, 0) is 14.3 Å². The average molecular weight is 189 g/mol. The van der Waals surface area contributed by atoms with Gasteiger partial charge < -0.3 is 14.6 Å². The third-order valence-corrected chi connectivity index (χ3v) is 1.91. The van der Waals surface area contributed by atoms with Crippen LogP contribution in [0.15, 0.2) is 0 Å². The molecule has 1 unspecified atom stereocenters. The molecule has 0 aromatic carbocycles. The van der Waals surface area contributed by atoms with Gasteiger partial charge in [0.15, 0.2) is 0 Å². The van der Waals surface area contributed by atoms with Crippen molar-refractivity contribution in [1.82, 2.24) is 4.90 Å². The summed E-state index contributed by atoms with van der Waals surface area (Å²) in [5, 5.41) is 9.64. The van der Waals surface area contributed by atoms with E-state index < -0.39 is 11.9 Å². The van der Waals surface area contributed by atoms with E-state index in [2.05, 4.69) is 4.74 Å². The predicted octanol–water partition coefficient (Wildman–Crippen LogP) is -0.452. The third-order valence-electron chi connectivity index (χ3n) is 1.91. The van der Waals surface area contributed by atoms with Crippen molar-refractivity contribution in [2.45, 2.75) is 19.8 Å². The minimum Gasteiger partial charge on any atom is -0.407 e. The van der Waals surface area contributed by atoms with E-state index in [1.807, 2.05) is 11.8 Å². The molecule has 0 aromatic rings. The SMILES string of the molecule is CCN1CCOC(O)(OC(C)=O)C1. The quantitative estimate of drug-likeness (QED) is 0.471. The molecule has 0 aliphatic carbocycles. The van der Waals surface area contributed by atoms with Gasteiger partial charge in [0, 0.05) is 13.5 Å². The minimum absolute atomic E-state index is 0.211. The number of morpholine rings is 1. The summed E-state index contributed by atoms with van der Waals surface area (Å²) in [7, 11) is 0. The highest BCUT2D eigenvalue weighted by Gasteiger charge is 2.37. The van der Waals surface area contributed by atoms with Crippen LogP contribution in [-0.4, -0.2) is 48.2 Å². The summed E-state index contributed by atoms with van der Waals surface area (Å²) in [4.78, 5) is 12.6. The maximum Gasteiger partial charge on any atom is 0.340 e. The number of hydrogen-bond acceptors (Lipinski definition) is 5. The smallest absolute Gasteiger partial charge is 0.340 e. The lowest BCUT2D eigenvalue weighted by molar-refractivity contribution is -0.360. The third kappa shape index (κ3) is 2.95. The van der Waals surface area contributed by atoms with E-state index in [0.717, 1.165) is 13.1 Å². The second-order valence-corrected chi connectivity index (χ2v) is 3.02. The summed E-state index contributed by atoms with van der Waals surface area (Å²) in [5.41, 5.74) is 0. The summed E-state index contributed by atoms with van der Waals surface area (Å²) < 4.78 is 9.64. The number of nitrogens with zero attached hydrogens (tertiary/aromatic N) is 1. The van der Waals surface area contributed by atoms with Gasteiger partial charge in [0.1, 0.15) is 0 Å². The van der Waals surface area contributed by atoms with Crippen molar-refractivity contribution in [2.24, 2.45) is 0 Å². The topological polar surface area (TPSA) is 59.0 Å². The van der Waals surface area contributed by atoms with Gasteiger partial charge in [-0.2, -0.15) is 0 Å². The summed E-state index contributed by atoms with van der Waals surface area (Å²) in [6.45, 7) is 5.35. The number of carbonyl (C=O) groups is 1. The van der Waals surface area contributed by atoms with Crippen LogP contribution in [0.5, 0.6) is 0 Å². The fourth-order valence-corrected chi connectivity index (χ4v) is 1.30. The van der Waals surface area contributed by atoms with E-state index in [4.69, 9.17) is 4.74 Å². The lowest BCUT2D eigenvalue weighted by Gasteiger charge is -2.36. The van der Waals surface area contributed by atoms with Crippen molar-refractivity contribution in [1.29, 1.82) is 0 Å². The van der Waals surface area contributed by atoms with Crippen molar-refractivity contribution >= 4 is 5.97 Å². The molecule has 1 fully saturated rings. The number of ether oxygens (including phenoxy) is 2. The summed E-state index contributed by atoms with van der Waals surface area (Å²) >= 11 is 0. The first kappa shape index (κ1) is 10.4. The monoisotopic (exact) mass is 189 g/mol. The van der Waals surface area contributed by atoms with Crippen LogP contribution >= 0.6 is 0 Å². The molecule has 0 aromatic heterocycles. The van der Waals surface area contributed by atoms with E-state index in [-0.39, 0.29) is 6.54 Å². The molecule has 1 saturated heterocycles. The van der Waals surface area contributed by atoms with Crippen molar-refractivity contribution in [3.63, 3.8) is 0 Å². The molecule has 1 N–H and O–H groups in total. The first-order chi connectivity index (χ1) is 6.06. The molecule has 1 aliphatic heterocycles. The molecule has 1 heterocycles. The Kier molecular flexibility index (Phi) is 3.24. The highest BCUT2D eigenvalue weighted by Crippen LogP contribution is 2.16. The molecule has 0 bridgehead atoms. The van der Waals surface area contributed by atoms with Gasteiger partial charge >= 0.3 is 11.9 Å². The van der Waals surface area contributed by atoms with Crippen LogP contribution in [0.1, 0.15) is 13.8 Å². The Labute approximate surface area is 77.2 Å². The number of likely N-dealkylation sites (N-methyl/N-ethyl adjacent to an activating group) is 1. The standard InChI is InChI=1S/C8H15NO4/c1-3-9-4-5-12-8(11,6-9)13-7(2)10/h11H,3-6H2,1-2H3. The molecule has 1 atom stereocenters. The van der Waals surface area contributed by atoms with Crippen molar-refractivity contribution in [3.05, 3.63) is 0 Å². The van der Waals surface area contributed by atoms with Gasteiger partial charge in [0.05, 0.1) is 13.2 Å². The van der Waals surface area contributed by atoms with Gasteiger partial charge in [-0.25, -0.2) is 0 Å². The lowest BCUT2D eigenvalue weighted by atomic mass is 10.3. The Morgan fingerprint density at radius 1 is 1.77 bits per heavy atom. The molecule has 0 saturated carbocycles. The van der Waals surface area contributed by atoms with Crippen LogP contribution in [0.4, 0.5) is 0 Å². The van der Waals surface area contributed by atoms with Gasteiger partial charge in [0.2, 0.25) is 0 Å². The van der Waals surface area contributed by atoms with Gasteiger partial charge in [-0.15, -0.1) is 0 Å². The molecule has 5 nitrogen and oxygen atoms in total. The van der Waals surface area contributed by atoms with Crippen LogP contribution in [0.3, 0.4) is 0 Å². The number of carbonyl (C=O) groups excluding carboxylic acids is 1. The Morgan fingerprint density at radius 3 is 3.00 bits per heavy atom. The normalized spacial score (nSPS) is 30.1. The average Bonchev–Trinajstić information content (AvgIpc) is 2.02. The Hall–Kier alpha value is -0.650. The molecule has 5 heteroatoms. The van der Waals surface area contributed by atoms with Crippen LogP contribution < -0.4 is 0 Å². The van der Waals surface area contributed by atoms with Crippen LogP contribution in [0.25, 0.3) is 0 Å². The molecule has 13 heavy (non-hydrogen) atoms. The highest BCUT2D eigenvalue weighted by molar-refractivity contribution is 5.66. The molecule has 76 valence electrons. The zero-order valence-electron chi connectivity index (χ0n) is 7.95. The van der Waals surface area contributed by atoms with Crippen molar-refractivity contribution in [3.8, 4) is 0 Å². The zero-order valence-corrected chi connectivity index (χ0v) is 7.95. The molecule has 0 spiro atoms. The van der Waals surface area contributed by atoms with Crippen LogP contribution in [0.2, 0.25) is 0 Å². The van der Waals surface area contributed by atoms with Gasteiger partial charge in [-0.3, -0.25) is 9.69 Å². The zero-order chi connectivity index (χ0) is 9.90. The Bertz CT molecular complexity index is 197. The van der Waals surface area contributed by atoms with E-state index in [0.29, 0.717) is 6.61 Å². The Balaban J connectivity index is 2.51. The fourth-order valence-electron chi connectivity index (χ4n) is 1.30. The molecular weight excluding hydrogens is 174 g/mol. The largest absolute Gasteiger partial charge is 0.407 e. The van der Waals surface area contributed by atoms with Gasteiger partial charge in [-0.05, 0) is 6.54 Å². The summed E-state index contributed by atoms with van der Waals surface area (Å²) in [5.74, 6) is -2.29. The minimum atomic E-state index is -1.75. The lowest BCUT2D eigenvalue weighted by Crippen LogP contribution is -2.53. The van der Waals surface area contributed by atoms with Crippen LogP contribution in [0, 0.1) is 0 Å². The Morgan fingerprint density at radius 2 is 2.46 bits per heavy atom. The fraction of sp³-hybridized carbons (Fsp3) is 0.875. The number of β-amino-alcohol motifs (C(OH)–C–C–N with tert-alkyl or cyclic N) is 1.